The molecule has 0 aliphatic heterocycles. The number of halogens is 1. The SMILES string of the molecule is O=C(O)Cc1cccc(NS(=O)(=O)c2ccc(Cl)s2)c1. The molecule has 2 rings (SSSR count). The van der Waals surface area contributed by atoms with E-state index in [1.54, 1.807) is 18.2 Å². The summed E-state index contributed by atoms with van der Waals surface area (Å²) in [7, 11) is -3.70. The van der Waals surface area contributed by atoms with Gasteiger partial charge in [-0.05, 0) is 29.8 Å². The zero-order valence-corrected chi connectivity index (χ0v) is 12.4. The van der Waals surface area contributed by atoms with Gasteiger partial charge in [0.2, 0.25) is 0 Å². The van der Waals surface area contributed by atoms with Gasteiger partial charge in [-0.2, -0.15) is 0 Å². The number of benzene rings is 1. The van der Waals surface area contributed by atoms with Gasteiger partial charge in [0.05, 0.1) is 10.8 Å². The van der Waals surface area contributed by atoms with Gasteiger partial charge >= 0.3 is 5.97 Å². The molecule has 2 N–H and O–H groups in total. The molecule has 0 aliphatic carbocycles. The Morgan fingerprint density at radius 2 is 2.05 bits per heavy atom. The van der Waals surface area contributed by atoms with Crippen molar-refractivity contribution in [3.8, 4) is 0 Å². The molecule has 0 fully saturated rings. The lowest BCUT2D eigenvalue weighted by molar-refractivity contribution is -0.136. The Hall–Kier alpha value is -1.57. The molecule has 0 atom stereocenters. The van der Waals surface area contributed by atoms with E-state index in [1.165, 1.54) is 18.2 Å². The van der Waals surface area contributed by atoms with Crippen molar-refractivity contribution in [2.24, 2.45) is 0 Å². The molecule has 0 radical (unpaired) electrons. The van der Waals surface area contributed by atoms with Crippen LogP contribution in [-0.4, -0.2) is 19.5 Å². The summed E-state index contributed by atoms with van der Waals surface area (Å²) >= 11 is 6.66. The van der Waals surface area contributed by atoms with E-state index in [-0.39, 0.29) is 10.6 Å². The van der Waals surface area contributed by atoms with Crippen LogP contribution in [0.3, 0.4) is 0 Å². The number of carboxylic acids is 1. The highest BCUT2D eigenvalue weighted by Gasteiger charge is 2.16. The van der Waals surface area contributed by atoms with Gasteiger partial charge in [-0.25, -0.2) is 8.42 Å². The third-order valence-electron chi connectivity index (χ3n) is 2.35. The number of nitrogens with one attached hydrogen (secondary N) is 1. The number of sulfonamides is 1. The van der Waals surface area contributed by atoms with Crippen LogP contribution in [0.1, 0.15) is 5.56 Å². The topological polar surface area (TPSA) is 83.5 Å². The van der Waals surface area contributed by atoms with Crippen LogP contribution >= 0.6 is 22.9 Å². The lowest BCUT2D eigenvalue weighted by Crippen LogP contribution is -2.11. The Morgan fingerprint density at radius 3 is 2.65 bits per heavy atom. The molecule has 8 heteroatoms. The molecule has 0 aliphatic rings. The normalized spacial score (nSPS) is 11.2. The quantitative estimate of drug-likeness (QED) is 0.882. The first-order valence-corrected chi connectivity index (χ1v) is 8.13. The number of aliphatic carboxylic acids is 1. The first-order chi connectivity index (χ1) is 9.37. The monoisotopic (exact) mass is 331 g/mol. The summed E-state index contributed by atoms with van der Waals surface area (Å²) in [5, 5.41) is 8.72. The Morgan fingerprint density at radius 1 is 1.30 bits per heavy atom. The fourth-order valence-electron chi connectivity index (χ4n) is 1.57. The predicted octanol–water partition coefficient (Wildman–Crippen LogP) is 2.83. The zero-order chi connectivity index (χ0) is 14.8. The van der Waals surface area contributed by atoms with Crippen molar-refractivity contribution in [2.75, 3.05) is 4.72 Å². The van der Waals surface area contributed by atoms with E-state index < -0.39 is 16.0 Å². The highest BCUT2D eigenvalue weighted by Crippen LogP contribution is 2.27. The van der Waals surface area contributed by atoms with E-state index in [2.05, 4.69) is 4.72 Å². The molecular weight excluding hydrogens is 322 g/mol. The number of rotatable bonds is 5. The van der Waals surface area contributed by atoms with Crippen LogP contribution in [0.4, 0.5) is 5.69 Å². The second-order valence-corrected chi connectivity index (χ2v) is 7.56. The van der Waals surface area contributed by atoms with Crippen LogP contribution in [0, 0.1) is 0 Å². The number of thiophene rings is 1. The maximum atomic E-state index is 12.1. The smallest absolute Gasteiger partial charge is 0.307 e. The van der Waals surface area contributed by atoms with Gasteiger partial charge in [0.25, 0.3) is 10.0 Å². The molecule has 0 saturated heterocycles. The minimum absolute atomic E-state index is 0.103. The lowest BCUT2D eigenvalue weighted by atomic mass is 10.1. The van der Waals surface area contributed by atoms with Crippen molar-refractivity contribution in [1.82, 2.24) is 0 Å². The second-order valence-electron chi connectivity index (χ2n) is 3.93. The molecule has 2 aromatic rings. The van der Waals surface area contributed by atoms with Crippen LogP contribution in [0.25, 0.3) is 0 Å². The maximum absolute atomic E-state index is 12.1. The van der Waals surface area contributed by atoms with Crippen molar-refractivity contribution in [3.63, 3.8) is 0 Å². The molecule has 0 saturated carbocycles. The van der Waals surface area contributed by atoms with Crippen molar-refractivity contribution < 1.29 is 18.3 Å². The minimum atomic E-state index is -3.70. The summed E-state index contributed by atoms with van der Waals surface area (Å²) < 4.78 is 27.0. The lowest BCUT2D eigenvalue weighted by Gasteiger charge is -2.07. The number of carbonyl (C=O) groups is 1. The largest absolute Gasteiger partial charge is 0.481 e. The highest BCUT2D eigenvalue weighted by molar-refractivity contribution is 7.94. The minimum Gasteiger partial charge on any atom is -0.481 e. The van der Waals surface area contributed by atoms with E-state index in [9.17, 15) is 13.2 Å². The van der Waals surface area contributed by atoms with E-state index in [4.69, 9.17) is 16.7 Å². The summed E-state index contributed by atoms with van der Waals surface area (Å²) in [5.41, 5.74) is 0.829. The van der Waals surface area contributed by atoms with Gasteiger partial charge in [0, 0.05) is 5.69 Å². The van der Waals surface area contributed by atoms with Gasteiger partial charge in [0.1, 0.15) is 4.21 Å². The van der Waals surface area contributed by atoms with Crippen LogP contribution < -0.4 is 4.72 Å². The summed E-state index contributed by atoms with van der Waals surface area (Å²) in [6, 6.07) is 9.17. The molecule has 20 heavy (non-hydrogen) atoms. The fraction of sp³-hybridized carbons (Fsp3) is 0.0833. The fourth-order valence-corrected chi connectivity index (χ4v) is 4.10. The number of anilines is 1. The second kappa shape index (κ2) is 5.82. The Bertz CT molecular complexity index is 739. The standard InChI is InChI=1S/C12H10ClNO4S2/c13-10-4-5-12(19-10)20(17,18)14-9-3-1-2-8(6-9)7-11(15)16/h1-6,14H,7H2,(H,15,16). The average molecular weight is 332 g/mol. The maximum Gasteiger partial charge on any atom is 0.307 e. The van der Waals surface area contributed by atoms with Gasteiger partial charge < -0.3 is 5.11 Å². The molecule has 1 heterocycles. The van der Waals surface area contributed by atoms with Crippen LogP contribution in [0.15, 0.2) is 40.6 Å². The first kappa shape index (κ1) is 14.8. The summed E-state index contributed by atoms with van der Waals surface area (Å²) in [5.74, 6) is -0.977. The molecule has 5 nitrogen and oxygen atoms in total. The summed E-state index contributed by atoms with van der Waals surface area (Å²) in [6.07, 6.45) is -0.166. The van der Waals surface area contributed by atoms with Crippen LogP contribution in [0.2, 0.25) is 4.34 Å². The first-order valence-electron chi connectivity index (χ1n) is 5.46. The number of hydrogen-bond acceptors (Lipinski definition) is 4. The van der Waals surface area contributed by atoms with E-state index >= 15 is 0 Å². The van der Waals surface area contributed by atoms with Crippen LogP contribution in [-0.2, 0) is 21.2 Å². The van der Waals surface area contributed by atoms with Gasteiger partial charge in [-0.3, -0.25) is 9.52 Å². The average Bonchev–Trinajstić information content (AvgIpc) is 2.75. The van der Waals surface area contributed by atoms with Gasteiger partial charge in [-0.1, -0.05) is 23.7 Å². The van der Waals surface area contributed by atoms with Crippen molar-refractivity contribution in [1.29, 1.82) is 0 Å². The third-order valence-corrected chi connectivity index (χ3v) is 5.45. The van der Waals surface area contributed by atoms with Crippen molar-refractivity contribution in [2.45, 2.75) is 10.6 Å². The summed E-state index contributed by atoms with van der Waals surface area (Å²) in [4.78, 5) is 10.6. The van der Waals surface area contributed by atoms with E-state index in [0.717, 1.165) is 11.3 Å². The molecule has 0 amide bonds. The predicted molar refractivity (Wildman–Crippen MR) is 77.9 cm³/mol. The van der Waals surface area contributed by atoms with Crippen molar-refractivity contribution >= 4 is 44.6 Å². The molecule has 0 unspecified atom stereocenters. The third kappa shape index (κ3) is 3.72. The van der Waals surface area contributed by atoms with Crippen LogP contribution in [0.5, 0.6) is 0 Å². The molecule has 0 bridgehead atoms. The Kier molecular flexibility index (Phi) is 4.32. The number of carboxylic acid groups (broad SMARTS) is 1. The van der Waals surface area contributed by atoms with Crippen molar-refractivity contribution in [3.05, 3.63) is 46.3 Å². The Labute approximate surface area is 124 Å². The van der Waals surface area contributed by atoms with Gasteiger partial charge in [0.15, 0.2) is 0 Å². The number of hydrogen-bond donors (Lipinski definition) is 2. The van der Waals surface area contributed by atoms with E-state index in [0.29, 0.717) is 15.6 Å². The highest BCUT2D eigenvalue weighted by atomic mass is 35.5. The molecule has 0 spiro atoms. The van der Waals surface area contributed by atoms with Gasteiger partial charge in [-0.15, -0.1) is 11.3 Å². The van der Waals surface area contributed by atoms with E-state index in [1.807, 2.05) is 0 Å². The molecular formula is C12H10ClNO4S2. The molecule has 106 valence electrons. The molecule has 1 aromatic carbocycles. The Balaban J connectivity index is 2.23. The molecule has 1 aromatic heterocycles. The zero-order valence-electron chi connectivity index (χ0n) is 10.0. The summed E-state index contributed by atoms with van der Waals surface area (Å²) in [6.45, 7) is 0.